The number of aromatic nitrogens is 4. The summed E-state index contributed by atoms with van der Waals surface area (Å²) >= 11 is 0. The quantitative estimate of drug-likeness (QED) is 0.544. The average Bonchev–Trinajstić information content (AvgIpc) is 3.28. The lowest BCUT2D eigenvalue weighted by Crippen LogP contribution is -2.36. The summed E-state index contributed by atoms with van der Waals surface area (Å²) in [6.45, 7) is 8.20. The van der Waals surface area contributed by atoms with Crippen molar-refractivity contribution in [3.63, 3.8) is 0 Å². The smallest absolute Gasteiger partial charge is 0.259 e. The molecule has 7 nitrogen and oxygen atoms in total. The van der Waals surface area contributed by atoms with E-state index < -0.39 is 0 Å². The minimum atomic E-state index is -0.161. The molecule has 0 fully saturated rings. The summed E-state index contributed by atoms with van der Waals surface area (Å²) in [5.41, 5.74) is 4.84. The van der Waals surface area contributed by atoms with Gasteiger partial charge in [0.1, 0.15) is 0 Å². The van der Waals surface area contributed by atoms with E-state index in [1.54, 1.807) is 12.4 Å². The number of nitrogens with one attached hydrogen (secondary N) is 3. The Bertz CT molecular complexity index is 1030. The molecule has 1 aliphatic rings. The minimum absolute atomic E-state index is 0.116. The van der Waals surface area contributed by atoms with Gasteiger partial charge in [-0.3, -0.25) is 14.5 Å². The van der Waals surface area contributed by atoms with Crippen LogP contribution in [-0.4, -0.2) is 37.7 Å². The summed E-state index contributed by atoms with van der Waals surface area (Å²) in [6, 6.07) is 5.90. The zero-order valence-corrected chi connectivity index (χ0v) is 18.0. The highest BCUT2D eigenvalue weighted by Gasteiger charge is 2.24. The lowest BCUT2D eigenvalue weighted by atomic mass is 10.0. The molecule has 1 amide bonds. The fraction of sp³-hybridized carbons (Fsp3) is 0.435. The molecule has 0 atom stereocenters. The van der Waals surface area contributed by atoms with Gasteiger partial charge in [0.2, 0.25) is 0 Å². The molecular formula is C23H30N6O. The first-order valence-corrected chi connectivity index (χ1v) is 10.6. The largest absolute Gasteiger partial charge is 0.364 e. The number of carbonyl (C=O) groups is 1. The van der Waals surface area contributed by atoms with E-state index in [0.29, 0.717) is 11.4 Å². The van der Waals surface area contributed by atoms with Crippen molar-refractivity contribution in [3.05, 3.63) is 53.6 Å². The first-order chi connectivity index (χ1) is 14.4. The second-order valence-electron chi connectivity index (χ2n) is 8.87. The molecule has 0 unspecified atom stereocenters. The van der Waals surface area contributed by atoms with Gasteiger partial charge in [0.05, 0.1) is 11.3 Å². The molecule has 0 spiro atoms. The first kappa shape index (κ1) is 20.3. The third kappa shape index (κ3) is 4.62. The summed E-state index contributed by atoms with van der Waals surface area (Å²) in [5.74, 6) is 0.402. The Morgan fingerprint density at radius 3 is 2.97 bits per heavy atom. The molecule has 0 saturated carbocycles. The van der Waals surface area contributed by atoms with Gasteiger partial charge in [-0.15, -0.1) is 0 Å². The van der Waals surface area contributed by atoms with E-state index in [9.17, 15) is 4.79 Å². The molecule has 7 heteroatoms. The van der Waals surface area contributed by atoms with E-state index in [0.717, 1.165) is 55.7 Å². The van der Waals surface area contributed by atoms with Crippen LogP contribution in [0.4, 0.5) is 5.82 Å². The number of pyridine rings is 1. The van der Waals surface area contributed by atoms with Crippen LogP contribution in [0.25, 0.3) is 11.3 Å². The molecule has 4 rings (SSSR count). The van der Waals surface area contributed by atoms with Gasteiger partial charge in [0, 0.05) is 48.0 Å². The van der Waals surface area contributed by atoms with E-state index in [4.69, 9.17) is 0 Å². The molecule has 3 N–H and O–H groups in total. The highest BCUT2D eigenvalue weighted by atomic mass is 16.1. The number of fused-ring (bicyclic) bond motifs is 3. The van der Waals surface area contributed by atoms with E-state index in [2.05, 4.69) is 52.5 Å². The predicted molar refractivity (Wildman–Crippen MR) is 119 cm³/mol. The molecule has 3 heterocycles. The van der Waals surface area contributed by atoms with E-state index in [-0.39, 0.29) is 11.4 Å². The molecule has 0 saturated heterocycles. The normalized spacial score (nSPS) is 13.4. The zero-order chi connectivity index (χ0) is 21.1. The molecule has 0 aromatic carbocycles. The molecule has 30 heavy (non-hydrogen) atoms. The van der Waals surface area contributed by atoms with Gasteiger partial charge in [-0.25, -0.2) is 0 Å². The van der Waals surface area contributed by atoms with Gasteiger partial charge >= 0.3 is 0 Å². The highest BCUT2D eigenvalue weighted by Crippen LogP contribution is 2.33. The van der Waals surface area contributed by atoms with E-state index >= 15 is 0 Å². The van der Waals surface area contributed by atoms with Crippen molar-refractivity contribution in [2.24, 2.45) is 0 Å². The van der Waals surface area contributed by atoms with Gasteiger partial charge in [-0.2, -0.15) is 5.10 Å². The topological polar surface area (TPSA) is 87.6 Å². The monoisotopic (exact) mass is 406 g/mol. The number of carbonyl (C=O) groups excluding carboxylic acids is 1. The number of anilines is 1. The summed E-state index contributed by atoms with van der Waals surface area (Å²) < 4.78 is 1.87. The SMILES string of the molecule is CC(C)(C)NCCCn1ccc(NC(=O)c2c[nH]c3c2-c2ncccc2CCC3)n1. The number of rotatable bonds is 6. The van der Waals surface area contributed by atoms with Crippen molar-refractivity contribution in [2.45, 2.75) is 58.5 Å². The van der Waals surface area contributed by atoms with Crippen molar-refractivity contribution in [3.8, 4) is 11.3 Å². The number of aryl methyl sites for hydroxylation is 3. The molecule has 0 radical (unpaired) electrons. The molecule has 158 valence electrons. The average molecular weight is 407 g/mol. The standard InChI is InChI=1S/C23H30N6O/c1-23(2,3)26-12-6-13-29-14-10-19(28-29)27-22(30)17-15-25-18-9-4-7-16-8-5-11-24-21(16)20(17)18/h5,8,10-11,14-15,25-26H,4,6-7,9,12-13H2,1-3H3,(H,27,28,30). The molecule has 0 aliphatic heterocycles. The van der Waals surface area contributed by atoms with Crippen LogP contribution in [0.15, 0.2) is 36.8 Å². The van der Waals surface area contributed by atoms with Crippen LogP contribution < -0.4 is 10.6 Å². The van der Waals surface area contributed by atoms with E-state index in [1.807, 2.05) is 23.0 Å². The molecule has 3 aromatic rings. The first-order valence-electron chi connectivity index (χ1n) is 10.6. The van der Waals surface area contributed by atoms with Crippen molar-refractivity contribution >= 4 is 11.7 Å². The molecule has 1 aliphatic carbocycles. The summed E-state index contributed by atoms with van der Waals surface area (Å²) in [4.78, 5) is 20.9. The number of aromatic amines is 1. The fourth-order valence-electron chi connectivity index (χ4n) is 3.87. The van der Waals surface area contributed by atoms with E-state index in [1.165, 1.54) is 5.56 Å². The Kier molecular flexibility index (Phi) is 5.72. The molecular weight excluding hydrogens is 376 g/mol. The van der Waals surface area contributed by atoms with Crippen LogP contribution in [-0.2, 0) is 19.4 Å². The van der Waals surface area contributed by atoms with Gasteiger partial charge in [-0.1, -0.05) is 6.07 Å². The van der Waals surface area contributed by atoms with Crippen LogP contribution in [0.2, 0.25) is 0 Å². The lowest BCUT2D eigenvalue weighted by Gasteiger charge is -2.20. The summed E-state index contributed by atoms with van der Waals surface area (Å²) in [7, 11) is 0. The predicted octanol–water partition coefficient (Wildman–Crippen LogP) is 3.79. The van der Waals surface area contributed by atoms with Crippen LogP contribution in [0.5, 0.6) is 0 Å². The number of amides is 1. The third-order valence-electron chi connectivity index (χ3n) is 5.31. The maximum absolute atomic E-state index is 13.0. The molecule has 3 aromatic heterocycles. The zero-order valence-electron chi connectivity index (χ0n) is 18.0. The van der Waals surface area contributed by atoms with Gasteiger partial charge in [0.15, 0.2) is 5.82 Å². The van der Waals surface area contributed by atoms with Crippen LogP contribution >= 0.6 is 0 Å². The number of nitrogens with zero attached hydrogens (tertiary/aromatic N) is 3. The highest BCUT2D eigenvalue weighted by molar-refractivity contribution is 6.08. The van der Waals surface area contributed by atoms with Crippen molar-refractivity contribution in [1.82, 2.24) is 25.1 Å². The van der Waals surface area contributed by atoms with Crippen molar-refractivity contribution < 1.29 is 4.79 Å². The van der Waals surface area contributed by atoms with Crippen molar-refractivity contribution in [1.29, 1.82) is 0 Å². The lowest BCUT2D eigenvalue weighted by molar-refractivity contribution is 0.102. The maximum atomic E-state index is 13.0. The summed E-state index contributed by atoms with van der Waals surface area (Å²) in [6.07, 6.45) is 9.39. The van der Waals surface area contributed by atoms with Gasteiger partial charge in [-0.05, 0) is 64.6 Å². The molecule has 0 bridgehead atoms. The Hall–Kier alpha value is -2.93. The van der Waals surface area contributed by atoms with Crippen LogP contribution in [0.1, 0.15) is 55.2 Å². The third-order valence-corrected chi connectivity index (χ3v) is 5.31. The minimum Gasteiger partial charge on any atom is -0.364 e. The Morgan fingerprint density at radius 2 is 2.13 bits per heavy atom. The Morgan fingerprint density at radius 1 is 1.27 bits per heavy atom. The fourth-order valence-corrected chi connectivity index (χ4v) is 3.87. The van der Waals surface area contributed by atoms with Crippen LogP contribution in [0.3, 0.4) is 0 Å². The Labute approximate surface area is 177 Å². The number of hydrogen-bond donors (Lipinski definition) is 3. The second kappa shape index (κ2) is 8.44. The Balaban J connectivity index is 1.44. The number of hydrogen-bond acceptors (Lipinski definition) is 4. The van der Waals surface area contributed by atoms with Gasteiger partial charge < -0.3 is 15.6 Å². The number of H-pyrrole nitrogens is 1. The van der Waals surface area contributed by atoms with Crippen LogP contribution in [0, 0.1) is 0 Å². The summed E-state index contributed by atoms with van der Waals surface area (Å²) in [5, 5.41) is 10.9. The van der Waals surface area contributed by atoms with Gasteiger partial charge in [0.25, 0.3) is 5.91 Å². The maximum Gasteiger partial charge on any atom is 0.259 e. The van der Waals surface area contributed by atoms with Crippen molar-refractivity contribution in [2.75, 3.05) is 11.9 Å². The second-order valence-corrected chi connectivity index (χ2v) is 8.87.